The molecule has 1 rings (SSSR count). The summed E-state index contributed by atoms with van der Waals surface area (Å²) in [6.45, 7) is 5.57. The summed E-state index contributed by atoms with van der Waals surface area (Å²) in [6.07, 6.45) is -0.757. The van der Waals surface area contributed by atoms with E-state index < -0.39 is 11.9 Å². The molecular formula is C14H22O4. The van der Waals surface area contributed by atoms with Crippen molar-refractivity contribution in [3.63, 3.8) is 0 Å². The van der Waals surface area contributed by atoms with E-state index in [0.29, 0.717) is 11.3 Å². The topological polar surface area (TPSA) is 47.9 Å². The van der Waals surface area contributed by atoms with Crippen molar-refractivity contribution < 1.29 is 19.3 Å². The molecule has 0 saturated heterocycles. The summed E-state index contributed by atoms with van der Waals surface area (Å²) < 4.78 is 15.7. The van der Waals surface area contributed by atoms with Crippen molar-refractivity contribution in [2.24, 2.45) is 0 Å². The number of aliphatic hydroxyl groups is 1. The summed E-state index contributed by atoms with van der Waals surface area (Å²) in [5, 5.41) is 10.7. The zero-order chi connectivity index (χ0) is 13.9. The van der Waals surface area contributed by atoms with Crippen LogP contribution in [0.5, 0.6) is 5.75 Å². The van der Waals surface area contributed by atoms with E-state index in [1.165, 1.54) is 14.2 Å². The summed E-state index contributed by atoms with van der Waals surface area (Å²) in [5.41, 5.74) is 1.42. The minimum atomic E-state index is -1.29. The van der Waals surface area contributed by atoms with Gasteiger partial charge in [0, 0.05) is 19.8 Å². The van der Waals surface area contributed by atoms with Gasteiger partial charge in [0.1, 0.15) is 11.4 Å². The summed E-state index contributed by atoms with van der Waals surface area (Å²) in [5.74, 6) is 0.636. The molecule has 1 unspecified atom stereocenters. The molecule has 1 aromatic carbocycles. The van der Waals surface area contributed by atoms with Crippen molar-refractivity contribution >= 4 is 0 Å². The molecule has 102 valence electrons. The standard InChI is InChI=1S/C14H22O4/c1-9-7-10(2)12(11(8-9)16-4)14(3,15)13(17-5)18-6/h7-8,13,15H,1-6H3. The Kier molecular flexibility index (Phi) is 4.73. The molecule has 0 aliphatic carbocycles. The van der Waals surface area contributed by atoms with E-state index >= 15 is 0 Å². The van der Waals surface area contributed by atoms with Crippen molar-refractivity contribution in [2.75, 3.05) is 21.3 Å². The molecule has 1 N–H and O–H groups in total. The maximum absolute atomic E-state index is 10.7. The molecule has 1 aromatic rings. The van der Waals surface area contributed by atoms with Crippen LogP contribution in [-0.4, -0.2) is 32.7 Å². The van der Waals surface area contributed by atoms with Gasteiger partial charge < -0.3 is 19.3 Å². The quantitative estimate of drug-likeness (QED) is 0.818. The average Bonchev–Trinajstić information content (AvgIpc) is 2.28. The largest absolute Gasteiger partial charge is 0.496 e. The Balaban J connectivity index is 3.39. The number of ether oxygens (including phenoxy) is 3. The Labute approximate surface area is 108 Å². The Hall–Kier alpha value is -1.10. The highest BCUT2D eigenvalue weighted by Crippen LogP contribution is 2.37. The maximum atomic E-state index is 10.7. The van der Waals surface area contributed by atoms with Crippen molar-refractivity contribution in [3.05, 3.63) is 28.8 Å². The minimum absolute atomic E-state index is 0.636. The monoisotopic (exact) mass is 254 g/mol. The van der Waals surface area contributed by atoms with Crippen LogP contribution >= 0.6 is 0 Å². The van der Waals surface area contributed by atoms with Gasteiger partial charge in [0.25, 0.3) is 0 Å². The molecule has 0 bridgehead atoms. The molecule has 0 aliphatic rings. The van der Waals surface area contributed by atoms with Crippen LogP contribution in [0.25, 0.3) is 0 Å². The Morgan fingerprint density at radius 3 is 2.11 bits per heavy atom. The van der Waals surface area contributed by atoms with E-state index in [1.54, 1.807) is 14.0 Å². The van der Waals surface area contributed by atoms with Crippen LogP contribution in [-0.2, 0) is 15.1 Å². The van der Waals surface area contributed by atoms with E-state index in [-0.39, 0.29) is 0 Å². The van der Waals surface area contributed by atoms with Crippen molar-refractivity contribution in [1.82, 2.24) is 0 Å². The Bertz CT molecular complexity index is 409. The van der Waals surface area contributed by atoms with Crippen molar-refractivity contribution in [3.8, 4) is 5.75 Å². The molecule has 0 fully saturated rings. The molecule has 0 aliphatic heterocycles. The fourth-order valence-corrected chi connectivity index (χ4v) is 2.41. The smallest absolute Gasteiger partial charge is 0.189 e. The van der Waals surface area contributed by atoms with Crippen LogP contribution in [0.4, 0.5) is 0 Å². The molecule has 18 heavy (non-hydrogen) atoms. The number of hydrogen-bond donors (Lipinski definition) is 1. The second kappa shape index (κ2) is 5.69. The molecule has 0 amide bonds. The first-order valence-electron chi connectivity index (χ1n) is 5.82. The zero-order valence-corrected chi connectivity index (χ0v) is 11.9. The van der Waals surface area contributed by atoms with Crippen LogP contribution in [0.15, 0.2) is 12.1 Å². The van der Waals surface area contributed by atoms with E-state index in [4.69, 9.17) is 14.2 Å². The van der Waals surface area contributed by atoms with E-state index in [2.05, 4.69) is 0 Å². The van der Waals surface area contributed by atoms with Gasteiger partial charge in [0.2, 0.25) is 0 Å². The highest BCUT2D eigenvalue weighted by molar-refractivity contribution is 5.46. The highest BCUT2D eigenvalue weighted by atomic mass is 16.7. The minimum Gasteiger partial charge on any atom is -0.496 e. The van der Waals surface area contributed by atoms with Gasteiger partial charge in [-0.2, -0.15) is 0 Å². The van der Waals surface area contributed by atoms with Crippen molar-refractivity contribution in [1.29, 1.82) is 0 Å². The van der Waals surface area contributed by atoms with Gasteiger partial charge in [0.15, 0.2) is 6.29 Å². The third-order valence-corrected chi connectivity index (χ3v) is 3.06. The first kappa shape index (κ1) is 15.0. The lowest BCUT2D eigenvalue weighted by Gasteiger charge is -2.33. The molecule has 4 nitrogen and oxygen atoms in total. The molecule has 0 spiro atoms. The number of rotatable bonds is 5. The van der Waals surface area contributed by atoms with Crippen LogP contribution in [0.2, 0.25) is 0 Å². The van der Waals surface area contributed by atoms with Crippen LogP contribution in [0.1, 0.15) is 23.6 Å². The third kappa shape index (κ3) is 2.66. The van der Waals surface area contributed by atoms with Crippen LogP contribution in [0, 0.1) is 13.8 Å². The van der Waals surface area contributed by atoms with Gasteiger partial charge >= 0.3 is 0 Å². The van der Waals surface area contributed by atoms with Gasteiger partial charge in [-0.25, -0.2) is 0 Å². The second-order valence-electron chi connectivity index (χ2n) is 4.61. The maximum Gasteiger partial charge on any atom is 0.189 e. The number of aryl methyl sites for hydroxylation is 2. The van der Waals surface area contributed by atoms with Crippen molar-refractivity contribution in [2.45, 2.75) is 32.7 Å². The summed E-state index contributed by atoms with van der Waals surface area (Å²) in [7, 11) is 4.58. The first-order valence-corrected chi connectivity index (χ1v) is 5.82. The number of benzene rings is 1. The van der Waals surface area contributed by atoms with Gasteiger partial charge in [-0.3, -0.25) is 0 Å². The Morgan fingerprint density at radius 1 is 1.11 bits per heavy atom. The fourth-order valence-electron chi connectivity index (χ4n) is 2.41. The SMILES string of the molecule is COc1cc(C)cc(C)c1C(C)(O)C(OC)OC. The first-order chi connectivity index (χ1) is 8.38. The molecule has 1 atom stereocenters. The van der Waals surface area contributed by atoms with E-state index in [9.17, 15) is 5.11 Å². The highest BCUT2D eigenvalue weighted by Gasteiger charge is 2.38. The van der Waals surface area contributed by atoms with E-state index in [0.717, 1.165) is 11.1 Å². The molecule has 0 aromatic heterocycles. The lowest BCUT2D eigenvalue weighted by Crippen LogP contribution is -2.40. The normalized spacial score (nSPS) is 14.7. The summed E-state index contributed by atoms with van der Waals surface area (Å²) in [6, 6.07) is 3.88. The summed E-state index contributed by atoms with van der Waals surface area (Å²) >= 11 is 0. The Morgan fingerprint density at radius 2 is 1.67 bits per heavy atom. The van der Waals surface area contributed by atoms with Gasteiger partial charge in [0.05, 0.1) is 7.11 Å². The summed E-state index contributed by atoms with van der Waals surface area (Å²) in [4.78, 5) is 0. The molecule has 0 saturated carbocycles. The lowest BCUT2D eigenvalue weighted by atomic mass is 9.89. The molecule has 0 heterocycles. The number of methoxy groups -OCH3 is 3. The predicted octanol–water partition coefficient (Wildman–Crippen LogP) is 2.14. The molecule has 4 heteroatoms. The predicted molar refractivity (Wildman–Crippen MR) is 69.8 cm³/mol. The van der Waals surface area contributed by atoms with E-state index in [1.807, 2.05) is 26.0 Å². The lowest BCUT2D eigenvalue weighted by molar-refractivity contribution is -0.213. The van der Waals surface area contributed by atoms with Gasteiger partial charge in [-0.15, -0.1) is 0 Å². The molecule has 0 radical (unpaired) electrons. The zero-order valence-electron chi connectivity index (χ0n) is 11.9. The number of hydrogen-bond acceptors (Lipinski definition) is 4. The molecular weight excluding hydrogens is 232 g/mol. The third-order valence-electron chi connectivity index (χ3n) is 3.06. The fraction of sp³-hybridized carbons (Fsp3) is 0.571. The average molecular weight is 254 g/mol. The van der Waals surface area contributed by atoms with Crippen LogP contribution in [0.3, 0.4) is 0 Å². The van der Waals surface area contributed by atoms with Gasteiger partial charge in [-0.05, 0) is 38.0 Å². The second-order valence-corrected chi connectivity index (χ2v) is 4.61. The van der Waals surface area contributed by atoms with Gasteiger partial charge in [-0.1, -0.05) is 6.07 Å². The van der Waals surface area contributed by atoms with Crippen LogP contribution < -0.4 is 4.74 Å².